The predicted octanol–water partition coefficient (Wildman–Crippen LogP) is 6.47. The summed E-state index contributed by atoms with van der Waals surface area (Å²) in [5.74, 6) is 0. The van der Waals surface area contributed by atoms with E-state index in [1.54, 1.807) is 27.7 Å². The number of amides is 2. The molecule has 0 aliphatic carbocycles. The van der Waals surface area contributed by atoms with Crippen molar-refractivity contribution in [1.82, 2.24) is 9.80 Å². The number of carbonyl (C=O) groups is 2. The zero-order chi connectivity index (χ0) is 26.8. The van der Waals surface area contributed by atoms with Crippen molar-refractivity contribution in [3.05, 3.63) is 34.9 Å². The number of hydrogen-bond donors (Lipinski definition) is 0. The average Bonchev–Trinajstić information content (AvgIpc) is 2.73. The molecule has 2 atom stereocenters. The smallest absolute Gasteiger partial charge is 0.416 e. The molecular weight excluding hydrogens is 482 g/mol. The molecule has 1 aliphatic heterocycles. The fraction of sp³-hybridized carbons (Fsp3) is 0.652. The molecule has 12 heteroatoms. The third-order valence-electron chi connectivity index (χ3n) is 5.60. The molecule has 0 radical (unpaired) electrons. The fourth-order valence-corrected chi connectivity index (χ4v) is 4.18. The van der Waals surface area contributed by atoms with Gasteiger partial charge in [0.25, 0.3) is 0 Å². The number of alkyl halides is 6. The van der Waals surface area contributed by atoms with E-state index in [4.69, 9.17) is 9.47 Å². The van der Waals surface area contributed by atoms with Crippen LogP contribution in [-0.2, 0) is 28.4 Å². The van der Waals surface area contributed by atoms with Crippen molar-refractivity contribution in [2.24, 2.45) is 0 Å². The first kappa shape index (κ1) is 28.6. The number of benzene rings is 1. The van der Waals surface area contributed by atoms with Crippen LogP contribution in [0.4, 0.5) is 35.9 Å². The molecule has 2 unspecified atom stereocenters. The summed E-state index contributed by atoms with van der Waals surface area (Å²) in [6.45, 7) is 6.62. The summed E-state index contributed by atoms with van der Waals surface area (Å²) >= 11 is 0. The van der Waals surface area contributed by atoms with E-state index in [-0.39, 0.29) is 11.6 Å². The van der Waals surface area contributed by atoms with Crippen molar-refractivity contribution in [2.75, 3.05) is 13.7 Å². The highest BCUT2D eigenvalue weighted by atomic mass is 19.4. The average molecular weight is 512 g/mol. The van der Waals surface area contributed by atoms with Gasteiger partial charge in [0.2, 0.25) is 0 Å². The van der Waals surface area contributed by atoms with Gasteiger partial charge in [0.1, 0.15) is 5.60 Å². The lowest BCUT2D eigenvalue weighted by atomic mass is 9.92. The number of halogens is 6. The zero-order valence-corrected chi connectivity index (χ0v) is 20.2. The van der Waals surface area contributed by atoms with Gasteiger partial charge in [0, 0.05) is 13.1 Å². The Morgan fingerprint density at radius 2 is 1.57 bits per heavy atom. The number of hydrogen-bond acceptors (Lipinski definition) is 4. The molecule has 35 heavy (non-hydrogen) atoms. The van der Waals surface area contributed by atoms with Crippen molar-refractivity contribution >= 4 is 12.2 Å². The summed E-state index contributed by atoms with van der Waals surface area (Å²) in [4.78, 5) is 28.0. The molecule has 0 spiro atoms. The number of likely N-dealkylation sites (tertiary alicyclic amines) is 1. The van der Waals surface area contributed by atoms with Crippen LogP contribution in [0.5, 0.6) is 0 Å². The fourth-order valence-electron chi connectivity index (χ4n) is 4.18. The van der Waals surface area contributed by atoms with Crippen LogP contribution in [-0.4, -0.2) is 53.3 Å². The van der Waals surface area contributed by atoms with Crippen LogP contribution in [0.25, 0.3) is 0 Å². The first-order chi connectivity index (χ1) is 16.0. The Bertz CT molecular complexity index is 878. The molecule has 1 aromatic carbocycles. The highest BCUT2D eigenvalue weighted by Gasteiger charge is 2.41. The molecule has 2 amide bonds. The van der Waals surface area contributed by atoms with Crippen LogP contribution >= 0.6 is 0 Å². The second kappa shape index (κ2) is 10.5. The molecule has 1 fully saturated rings. The second-order valence-corrected chi connectivity index (χ2v) is 9.37. The Morgan fingerprint density at radius 3 is 2.00 bits per heavy atom. The molecule has 1 saturated heterocycles. The Balaban J connectivity index is 2.47. The van der Waals surface area contributed by atoms with E-state index in [1.165, 1.54) is 4.90 Å². The molecule has 0 N–H and O–H groups in total. The van der Waals surface area contributed by atoms with E-state index in [0.717, 1.165) is 12.0 Å². The number of methoxy groups -OCH3 is 1. The van der Waals surface area contributed by atoms with Crippen LogP contribution in [0, 0.1) is 0 Å². The lowest BCUT2D eigenvalue weighted by Crippen LogP contribution is -2.58. The lowest BCUT2D eigenvalue weighted by molar-refractivity contribution is -0.143. The lowest BCUT2D eigenvalue weighted by Gasteiger charge is -2.45. The largest absolute Gasteiger partial charge is 0.453 e. The van der Waals surface area contributed by atoms with Crippen molar-refractivity contribution in [1.29, 1.82) is 0 Å². The number of piperidine rings is 1. The van der Waals surface area contributed by atoms with E-state index < -0.39 is 59.9 Å². The van der Waals surface area contributed by atoms with Crippen LogP contribution in [0.2, 0.25) is 0 Å². The second-order valence-electron chi connectivity index (χ2n) is 9.37. The summed E-state index contributed by atoms with van der Waals surface area (Å²) in [7, 11) is 1.07. The maximum absolute atomic E-state index is 13.3. The third kappa shape index (κ3) is 7.41. The van der Waals surface area contributed by atoms with Crippen LogP contribution < -0.4 is 0 Å². The molecule has 0 aromatic heterocycles. The summed E-state index contributed by atoms with van der Waals surface area (Å²) in [6.07, 6.45) is -10.4. The van der Waals surface area contributed by atoms with Crippen molar-refractivity contribution in [3.8, 4) is 0 Å². The van der Waals surface area contributed by atoms with Gasteiger partial charge in [-0.15, -0.1) is 0 Å². The molecule has 1 aromatic rings. The van der Waals surface area contributed by atoms with Gasteiger partial charge in [-0.05, 0) is 63.8 Å². The SMILES string of the molecule is CCC1C(N(Cc2cc(C(F)(F)F)cc(C(F)(F)F)c2)C(=O)OC)CCCN1C(=O)OC(C)(C)C. The van der Waals surface area contributed by atoms with Crippen LogP contribution in [0.3, 0.4) is 0 Å². The first-order valence-electron chi connectivity index (χ1n) is 11.1. The van der Waals surface area contributed by atoms with E-state index in [2.05, 4.69) is 0 Å². The number of ether oxygens (including phenoxy) is 2. The normalized spacial score (nSPS) is 19.3. The summed E-state index contributed by atoms with van der Waals surface area (Å²) < 4.78 is 90.1. The first-order valence-corrected chi connectivity index (χ1v) is 11.1. The van der Waals surface area contributed by atoms with Crippen molar-refractivity contribution < 1.29 is 45.4 Å². The molecule has 198 valence electrons. The maximum Gasteiger partial charge on any atom is 0.416 e. The topological polar surface area (TPSA) is 59.1 Å². The van der Waals surface area contributed by atoms with E-state index >= 15 is 0 Å². The Morgan fingerprint density at radius 1 is 1.03 bits per heavy atom. The molecule has 1 heterocycles. The molecule has 0 saturated carbocycles. The van der Waals surface area contributed by atoms with Gasteiger partial charge in [-0.3, -0.25) is 4.90 Å². The molecule has 6 nitrogen and oxygen atoms in total. The van der Waals surface area contributed by atoms with Gasteiger partial charge in [0.05, 0.1) is 30.3 Å². The summed E-state index contributed by atoms with van der Waals surface area (Å²) in [5, 5.41) is 0. The minimum atomic E-state index is -5.02. The minimum absolute atomic E-state index is 0.0334. The quantitative estimate of drug-likeness (QED) is 0.434. The highest BCUT2D eigenvalue weighted by molar-refractivity contribution is 5.70. The number of nitrogens with zero attached hydrogens (tertiary/aromatic N) is 2. The van der Waals surface area contributed by atoms with E-state index in [9.17, 15) is 35.9 Å². The molecule has 2 rings (SSSR count). The van der Waals surface area contributed by atoms with Gasteiger partial charge in [-0.25, -0.2) is 9.59 Å². The monoisotopic (exact) mass is 512 g/mol. The Kier molecular flexibility index (Phi) is 8.60. The minimum Gasteiger partial charge on any atom is -0.453 e. The summed E-state index contributed by atoms with van der Waals surface area (Å²) in [5.41, 5.74) is -4.09. The molecule has 0 bridgehead atoms. The molecule has 1 aliphatic rings. The van der Waals surface area contributed by atoms with Gasteiger partial charge >= 0.3 is 24.5 Å². The van der Waals surface area contributed by atoms with Gasteiger partial charge < -0.3 is 14.4 Å². The van der Waals surface area contributed by atoms with Crippen LogP contribution in [0.15, 0.2) is 18.2 Å². The van der Waals surface area contributed by atoms with Gasteiger partial charge in [-0.1, -0.05) is 6.92 Å². The molecular formula is C23H30F6N2O4. The van der Waals surface area contributed by atoms with E-state index in [1.807, 2.05) is 0 Å². The third-order valence-corrected chi connectivity index (χ3v) is 5.60. The Labute approximate surface area is 200 Å². The summed E-state index contributed by atoms with van der Waals surface area (Å²) in [6, 6.07) is -0.0875. The maximum atomic E-state index is 13.3. The zero-order valence-electron chi connectivity index (χ0n) is 20.2. The predicted molar refractivity (Wildman–Crippen MR) is 114 cm³/mol. The van der Waals surface area contributed by atoms with E-state index in [0.29, 0.717) is 37.9 Å². The highest BCUT2D eigenvalue weighted by Crippen LogP contribution is 2.37. The van der Waals surface area contributed by atoms with Crippen molar-refractivity contribution in [2.45, 2.75) is 83.5 Å². The number of rotatable bonds is 4. The standard InChI is InChI=1S/C23H30F6N2O4/c1-6-17-18(8-7-9-30(17)20(33)35-21(2,3)4)31(19(32)34-5)13-14-10-15(22(24,25)26)12-16(11-14)23(27,28)29/h10-12,17-18H,6-9,13H2,1-5H3. The van der Waals surface area contributed by atoms with Crippen LogP contribution in [0.1, 0.15) is 63.6 Å². The van der Waals surface area contributed by atoms with Gasteiger partial charge in [-0.2, -0.15) is 26.3 Å². The number of carbonyl (C=O) groups excluding carboxylic acids is 2. The Hall–Kier alpha value is -2.66. The van der Waals surface area contributed by atoms with Gasteiger partial charge in [0.15, 0.2) is 0 Å². The van der Waals surface area contributed by atoms with Crippen molar-refractivity contribution in [3.63, 3.8) is 0 Å².